The van der Waals surface area contributed by atoms with Crippen LogP contribution in [0.25, 0.3) is 0 Å². The van der Waals surface area contributed by atoms with E-state index in [4.69, 9.17) is 0 Å². The Morgan fingerprint density at radius 3 is 2.00 bits per heavy atom. The summed E-state index contributed by atoms with van der Waals surface area (Å²) in [4.78, 5) is 23.9. The first-order valence-corrected chi connectivity index (χ1v) is 9.65. The lowest BCUT2D eigenvalue weighted by Gasteiger charge is -2.12. The topological polar surface area (TPSA) is 58.2 Å². The summed E-state index contributed by atoms with van der Waals surface area (Å²) in [7, 11) is 0. The van der Waals surface area contributed by atoms with Crippen molar-refractivity contribution >= 4 is 35.0 Å². The van der Waals surface area contributed by atoms with Crippen LogP contribution in [0.5, 0.6) is 0 Å². The molecule has 25 heavy (non-hydrogen) atoms. The van der Waals surface area contributed by atoms with Crippen molar-refractivity contribution in [2.75, 3.05) is 16.4 Å². The number of amides is 2. The van der Waals surface area contributed by atoms with E-state index in [0.29, 0.717) is 24.2 Å². The summed E-state index contributed by atoms with van der Waals surface area (Å²) in [5.74, 6) is 1.57. The zero-order valence-electron chi connectivity index (χ0n) is 14.5. The minimum absolute atomic E-state index is 0.0392. The van der Waals surface area contributed by atoms with Gasteiger partial charge in [-0.05, 0) is 24.1 Å². The SMILES string of the molecule is CCCC(=O)Nc1ccccc1NC(=O)CCSCc1ccccc1. The van der Waals surface area contributed by atoms with E-state index in [9.17, 15) is 9.59 Å². The van der Waals surface area contributed by atoms with Gasteiger partial charge in [0.15, 0.2) is 0 Å². The third kappa shape index (κ3) is 7.01. The molecule has 0 saturated heterocycles. The number of nitrogens with one attached hydrogen (secondary N) is 2. The van der Waals surface area contributed by atoms with E-state index in [1.54, 1.807) is 23.9 Å². The van der Waals surface area contributed by atoms with Crippen molar-refractivity contribution in [3.8, 4) is 0 Å². The molecule has 5 heteroatoms. The Kier molecular flexibility index (Phi) is 8.05. The Morgan fingerprint density at radius 1 is 0.840 bits per heavy atom. The summed E-state index contributed by atoms with van der Waals surface area (Å²) in [6.07, 6.45) is 1.70. The molecule has 0 aliphatic rings. The van der Waals surface area contributed by atoms with Crippen molar-refractivity contribution in [3.63, 3.8) is 0 Å². The maximum absolute atomic E-state index is 12.2. The molecule has 0 bridgehead atoms. The minimum atomic E-state index is -0.0437. The van der Waals surface area contributed by atoms with Crippen molar-refractivity contribution in [1.82, 2.24) is 0 Å². The van der Waals surface area contributed by atoms with Gasteiger partial charge in [0.05, 0.1) is 11.4 Å². The molecule has 0 fully saturated rings. The van der Waals surface area contributed by atoms with Crippen LogP contribution in [-0.4, -0.2) is 17.6 Å². The van der Waals surface area contributed by atoms with Crippen LogP contribution in [0.3, 0.4) is 0 Å². The fourth-order valence-electron chi connectivity index (χ4n) is 2.28. The van der Waals surface area contributed by atoms with E-state index < -0.39 is 0 Å². The van der Waals surface area contributed by atoms with E-state index >= 15 is 0 Å². The Bertz CT molecular complexity index is 689. The monoisotopic (exact) mass is 356 g/mol. The summed E-state index contributed by atoms with van der Waals surface area (Å²) in [6.45, 7) is 1.96. The van der Waals surface area contributed by atoms with Crippen molar-refractivity contribution in [1.29, 1.82) is 0 Å². The molecular formula is C20H24N2O2S. The number of benzene rings is 2. The largest absolute Gasteiger partial charge is 0.324 e. The molecule has 2 N–H and O–H groups in total. The van der Waals surface area contributed by atoms with E-state index in [1.165, 1.54) is 5.56 Å². The molecule has 0 radical (unpaired) electrons. The second-order valence-electron chi connectivity index (χ2n) is 5.68. The molecule has 132 valence electrons. The van der Waals surface area contributed by atoms with Gasteiger partial charge < -0.3 is 10.6 Å². The highest BCUT2D eigenvalue weighted by Crippen LogP contribution is 2.22. The molecule has 2 aromatic carbocycles. The first-order valence-electron chi connectivity index (χ1n) is 8.49. The molecule has 2 aromatic rings. The molecule has 0 unspecified atom stereocenters. The summed E-state index contributed by atoms with van der Waals surface area (Å²) in [5.41, 5.74) is 2.55. The minimum Gasteiger partial charge on any atom is -0.324 e. The Labute approximate surface area is 153 Å². The highest BCUT2D eigenvalue weighted by atomic mass is 32.2. The highest BCUT2D eigenvalue weighted by molar-refractivity contribution is 7.98. The number of hydrogen-bond acceptors (Lipinski definition) is 3. The zero-order valence-corrected chi connectivity index (χ0v) is 15.3. The van der Waals surface area contributed by atoms with Gasteiger partial charge in [0.2, 0.25) is 11.8 Å². The summed E-state index contributed by atoms with van der Waals surface area (Å²) in [5, 5.41) is 5.74. The van der Waals surface area contributed by atoms with Crippen LogP contribution in [0.1, 0.15) is 31.7 Å². The maximum atomic E-state index is 12.2. The van der Waals surface area contributed by atoms with Crippen molar-refractivity contribution < 1.29 is 9.59 Å². The molecule has 0 aliphatic carbocycles. The number of thioether (sulfide) groups is 1. The van der Waals surface area contributed by atoms with Crippen molar-refractivity contribution in [2.45, 2.75) is 31.9 Å². The smallest absolute Gasteiger partial charge is 0.225 e. The van der Waals surface area contributed by atoms with Gasteiger partial charge in [-0.3, -0.25) is 9.59 Å². The normalized spacial score (nSPS) is 10.3. The van der Waals surface area contributed by atoms with Gasteiger partial charge in [-0.1, -0.05) is 49.4 Å². The molecule has 0 saturated carbocycles. The van der Waals surface area contributed by atoms with Gasteiger partial charge in [0, 0.05) is 24.3 Å². The lowest BCUT2D eigenvalue weighted by atomic mass is 10.2. The average molecular weight is 356 g/mol. The fourth-order valence-corrected chi connectivity index (χ4v) is 3.18. The van der Waals surface area contributed by atoms with Crippen LogP contribution in [0.4, 0.5) is 11.4 Å². The van der Waals surface area contributed by atoms with Crippen molar-refractivity contribution in [3.05, 3.63) is 60.2 Å². The van der Waals surface area contributed by atoms with Gasteiger partial charge in [-0.15, -0.1) is 0 Å². The number of carbonyl (C=O) groups is 2. The zero-order chi connectivity index (χ0) is 17.9. The van der Waals surface area contributed by atoms with Crippen LogP contribution in [-0.2, 0) is 15.3 Å². The van der Waals surface area contributed by atoms with Crippen LogP contribution >= 0.6 is 11.8 Å². The molecule has 2 amide bonds. The van der Waals surface area contributed by atoms with Crippen LogP contribution in [0.15, 0.2) is 54.6 Å². The summed E-state index contributed by atoms with van der Waals surface area (Å²) >= 11 is 1.74. The van der Waals surface area contributed by atoms with Crippen LogP contribution in [0.2, 0.25) is 0 Å². The molecule has 0 atom stereocenters. The first-order chi connectivity index (χ1) is 12.2. The van der Waals surface area contributed by atoms with Crippen LogP contribution < -0.4 is 10.6 Å². The fraction of sp³-hybridized carbons (Fsp3) is 0.300. The molecular weight excluding hydrogens is 332 g/mol. The molecule has 2 rings (SSSR count). The van der Waals surface area contributed by atoms with Gasteiger partial charge >= 0.3 is 0 Å². The van der Waals surface area contributed by atoms with Gasteiger partial charge in [0.25, 0.3) is 0 Å². The Hall–Kier alpha value is -2.27. The molecule has 0 spiro atoms. The van der Waals surface area contributed by atoms with Crippen LogP contribution in [0, 0.1) is 0 Å². The first kappa shape index (κ1) is 19.1. The van der Waals surface area contributed by atoms with E-state index in [2.05, 4.69) is 22.8 Å². The predicted octanol–water partition coefficient (Wildman–Crippen LogP) is 4.69. The van der Waals surface area contributed by atoms with E-state index in [-0.39, 0.29) is 11.8 Å². The summed E-state index contributed by atoms with van der Waals surface area (Å²) < 4.78 is 0. The maximum Gasteiger partial charge on any atom is 0.225 e. The molecule has 0 heterocycles. The van der Waals surface area contributed by atoms with Gasteiger partial charge in [0.1, 0.15) is 0 Å². The lowest BCUT2D eigenvalue weighted by molar-refractivity contribution is -0.117. The summed E-state index contributed by atoms with van der Waals surface area (Å²) in [6, 6.07) is 17.5. The van der Waals surface area contributed by atoms with Crippen molar-refractivity contribution in [2.24, 2.45) is 0 Å². The third-order valence-electron chi connectivity index (χ3n) is 3.54. The second-order valence-corrected chi connectivity index (χ2v) is 6.79. The number of carbonyl (C=O) groups excluding carboxylic acids is 2. The third-order valence-corrected chi connectivity index (χ3v) is 4.57. The number of para-hydroxylation sites is 2. The van der Waals surface area contributed by atoms with Gasteiger partial charge in [-0.2, -0.15) is 11.8 Å². The lowest BCUT2D eigenvalue weighted by Crippen LogP contribution is -2.16. The average Bonchev–Trinajstić information content (AvgIpc) is 2.61. The number of hydrogen-bond donors (Lipinski definition) is 2. The number of rotatable bonds is 9. The molecule has 0 aromatic heterocycles. The molecule has 4 nitrogen and oxygen atoms in total. The number of anilines is 2. The van der Waals surface area contributed by atoms with E-state index in [1.807, 2.05) is 37.3 Å². The standard InChI is InChI=1S/C20H24N2O2S/c1-2-8-19(23)21-17-11-6-7-12-18(17)22-20(24)13-14-25-15-16-9-4-3-5-10-16/h3-7,9-12H,2,8,13-15H2,1H3,(H,21,23)(H,22,24). The quantitative estimate of drug-likeness (QED) is 0.641. The highest BCUT2D eigenvalue weighted by Gasteiger charge is 2.09. The molecule has 0 aliphatic heterocycles. The predicted molar refractivity (Wildman–Crippen MR) is 106 cm³/mol. The van der Waals surface area contributed by atoms with Gasteiger partial charge in [-0.25, -0.2) is 0 Å². The van der Waals surface area contributed by atoms with E-state index in [0.717, 1.165) is 17.9 Å². The second kappa shape index (κ2) is 10.6. The Morgan fingerprint density at radius 2 is 1.40 bits per heavy atom. The Balaban J connectivity index is 1.79.